The molecule has 21 heavy (non-hydrogen) atoms. The topological polar surface area (TPSA) is 85.7 Å². The number of benzene rings is 1. The van der Waals surface area contributed by atoms with Crippen molar-refractivity contribution in [3.05, 3.63) is 46.0 Å². The molecular formula is C13H14ClFN4O2. The summed E-state index contributed by atoms with van der Waals surface area (Å²) in [6, 6.07) is 4.02. The van der Waals surface area contributed by atoms with Crippen molar-refractivity contribution in [3.8, 4) is 5.75 Å². The Labute approximate surface area is 125 Å². The van der Waals surface area contributed by atoms with E-state index in [1.54, 1.807) is 14.0 Å². The molecule has 6 nitrogen and oxygen atoms in total. The van der Waals surface area contributed by atoms with Gasteiger partial charge in [-0.05, 0) is 25.1 Å². The molecule has 2 rings (SSSR count). The van der Waals surface area contributed by atoms with Crippen molar-refractivity contribution in [2.45, 2.75) is 13.5 Å². The Kier molecular flexibility index (Phi) is 4.32. The molecule has 0 atom stereocenters. The van der Waals surface area contributed by atoms with Crippen LogP contribution in [0.25, 0.3) is 0 Å². The van der Waals surface area contributed by atoms with Gasteiger partial charge < -0.3 is 15.7 Å². The van der Waals surface area contributed by atoms with Gasteiger partial charge in [0.1, 0.15) is 11.8 Å². The average molecular weight is 313 g/mol. The first kappa shape index (κ1) is 15.1. The minimum Gasteiger partial charge on any atom is -0.486 e. The third-order valence-corrected chi connectivity index (χ3v) is 3.45. The molecule has 8 heteroatoms. The Balaban J connectivity index is 2.17. The van der Waals surface area contributed by atoms with Gasteiger partial charge in [-0.3, -0.25) is 4.68 Å². The molecule has 1 aromatic heterocycles. The molecule has 0 aliphatic carbocycles. The Morgan fingerprint density at radius 3 is 2.81 bits per heavy atom. The first-order valence-corrected chi connectivity index (χ1v) is 6.40. The number of hydrogen-bond acceptors (Lipinski definition) is 4. The summed E-state index contributed by atoms with van der Waals surface area (Å²) >= 11 is 6.07. The van der Waals surface area contributed by atoms with Crippen molar-refractivity contribution < 1.29 is 14.3 Å². The molecule has 0 radical (unpaired) electrons. The molecular weight excluding hydrogens is 299 g/mol. The molecule has 0 bridgehead atoms. The second-order valence-corrected chi connectivity index (χ2v) is 4.76. The number of nitrogens with two attached hydrogens (primary N) is 1. The van der Waals surface area contributed by atoms with Crippen LogP contribution in [0.3, 0.4) is 0 Å². The highest BCUT2D eigenvalue weighted by atomic mass is 35.5. The minimum absolute atomic E-state index is 0.0452. The zero-order chi connectivity index (χ0) is 15.6. The maximum atomic E-state index is 13.9. The molecule has 0 saturated carbocycles. The number of nitrogens with zero attached hydrogens (tertiary/aromatic N) is 3. The van der Waals surface area contributed by atoms with Crippen molar-refractivity contribution in [3.63, 3.8) is 0 Å². The number of ether oxygens (including phenoxy) is 1. The third kappa shape index (κ3) is 3.08. The van der Waals surface area contributed by atoms with Crippen molar-refractivity contribution in [1.29, 1.82) is 0 Å². The van der Waals surface area contributed by atoms with Gasteiger partial charge in [-0.25, -0.2) is 4.39 Å². The fourth-order valence-electron chi connectivity index (χ4n) is 1.82. The van der Waals surface area contributed by atoms with Crippen molar-refractivity contribution in [1.82, 2.24) is 9.78 Å². The molecule has 0 unspecified atom stereocenters. The van der Waals surface area contributed by atoms with Crippen LogP contribution in [0, 0.1) is 12.7 Å². The van der Waals surface area contributed by atoms with Crippen LogP contribution >= 0.6 is 11.6 Å². The van der Waals surface area contributed by atoms with Gasteiger partial charge in [0.05, 0.1) is 5.69 Å². The fourth-order valence-corrected chi connectivity index (χ4v) is 2.05. The smallest absolute Gasteiger partial charge is 0.170 e. The van der Waals surface area contributed by atoms with Crippen molar-refractivity contribution >= 4 is 17.4 Å². The standard InChI is InChI=1S/C13H14ClFN4O2/c1-7-9(12(14)19(2)17-7)6-21-11-4-3-8(5-10(11)15)13(16)18-20/h3-5,20H,6H2,1-2H3,(H2,16,18). The second-order valence-electron chi connectivity index (χ2n) is 4.40. The van der Waals surface area contributed by atoms with Crippen molar-refractivity contribution in [2.75, 3.05) is 0 Å². The van der Waals surface area contributed by atoms with Crippen LogP contribution in [0.2, 0.25) is 5.15 Å². The Hall–Kier alpha value is -2.28. The predicted molar refractivity (Wildman–Crippen MR) is 76.2 cm³/mol. The van der Waals surface area contributed by atoms with Gasteiger partial charge in [0, 0.05) is 18.2 Å². The summed E-state index contributed by atoms with van der Waals surface area (Å²) in [5.74, 6) is -0.743. The van der Waals surface area contributed by atoms with Gasteiger partial charge in [0.2, 0.25) is 0 Å². The summed E-state index contributed by atoms with van der Waals surface area (Å²) in [5.41, 5.74) is 7.06. The maximum Gasteiger partial charge on any atom is 0.170 e. The Morgan fingerprint density at radius 2 is 2.29 bits per heavy atom. The van der Waals surface area contributed by atoms with E-state index in [4.69, 9.17) is 27.3 Å². The van der Waals surface area contributed by atoms with Crippen LogP contribution in [0.1, 0.15) is 16.8 Å². The Bertz CT molecular complexity index is 700. The van der Waals surface area contributed by atoms with E-state index in [2.05, 4.69) is 10.3 Å². The summed E-state index contributed by atoms with van der Waals surface area (Å²) < 4.78 is 20.8. The minimum atomic E-state index is -0.614. The number of aryl methyl sites for hydroxylation is 2. The molecule has 2 aromatic rings. The molecule has 0 fully saturated rings. The number of oxime groups is 1. The van der Waals surface area contributed by atoms with Crippen LogP contribution in [0.5, 0.6) is 5.75 Å². The lowest BCUT2D eigenvalue weighted by molar-refractivity contribution is 0.289. The van der Waals surface area contributed by atoms with Crippen LogP contribution in [-0.2, 0) is 13.7 Å². The van der Waals surface area contributed by atoms with E-state index in [1.807, 2.05) is 0 Å². The molecule has 0 saturated heterocycles. The van der Waals surface area contributed by atoms with Gasteiger partial charge in [-0.15, -0.1) is 0 Å². The van der Waals surface area contributed by atoms with Gasteiger partial charge in [-0.1, -0.05) is 16.8 Å². The van der Waals surface area contributed by atoms with Crippen LogP contribution in [-0.4, -0.2) is 20.8 Å². The Morgan fingerprint density at radius 1 is 1.57 bits per heavy atom. The molecule has 3 N–H and O–H groups in total. The van der Waals surface area contributed by atoms with Gasteiger partial charge in [0.15, 0.2) is 17.4 Å². The summed E-state index contributed by atoms with van der Waals surface area (Å²) in [7, 11) is 1.71. The number of amidine groups is 1. The monoisotopic (exact) mass is 312 g/mol. The maximum absolute atomic E-state index is 13.9. The number of hydrogen-bond donors (Lipinski definition) is 2. The molecule has 1 heterocycles. The molecule has 0 spiro atoms. The second kappa shape index (κ2) is 6.01. The van der Waals surface area contributed by atoms with Crippen LogP contribution in [0.4, 0.5) is 4.39 Å². The van der Waals surface area contributed by atoms with Gasteiger partial charge in [0.25, 0.3) is 0 Å². The summed E-state index contributed by atoms with van der Waals surface area (Å²) in [5, 5.41) is 15.9. The lowest BCUT2D eigenvalue weighted by Crippen LogP contribution is -2.13. The normalized spacial score (nSPS) is 11.7. The first-order chi connectivity index (χ1) is 9.93. The molecule has 0 amide bonds. The number of rotatable bonds is 4. The lowest BCUT2D eigenvalue weighted by Gasteiger charge is -2.08. The lowest BCUT2D eigenvalue weighted by atomic mass is 10.2. The summed E-state index contributed by atoms with van der Waals surface area (Å²) in [6.07, 6.45) is 0. The molecule has 112 valence electrons. The van der Waals surface area contributed by atoms with E-state index in [9.17, 15) is 4.39 Å². The quantitative estimate of drug-likeness (QED) is 0.392. The van der Waals surface area contributed by atoms with E-state index in [0.29, 0.717) is 10.7 Å². The predicted octanol–water partition coefficient (Wildman–Crippen LogP) is 2.19. The van der Waals surface area contributed by atoms with Gasteiger partial charge in [-0.2, -0.15) is 5.10 Å². The average Bonchev–Trinajstić information content (AvgIpc) is 2.70. The van der Waals surface area contributed by atoms with Crippen LogP contribution in [0.15, 0.2) is 23.4 Å². The zero-order valence-electron chi connectivity index (χ0n) is 11.5. The van der Waals surface area contributed by atoms with E-state index in [-0.39, 0.29) is 23.8 Å². The van der Waals surface area contributed by atoms with E-state index in [1.165, 1.54) is 16.8 Å². The van der Waals surface area contributed by atoms with Gasteiger partial charge >= 0.3 is 0 Å². The summed E-state index contributed by atoms with van der Waals surface area (Å²) in [6.45, 7) is 1.89. The highest BCUT2D eigenvalue weighted by Gasteiger charge is 2.13. The van der Waals surface area contributed by atoms with E-state index < -0.39 is 5.82 Å². The fraction of sp³-hybridized carbons (Fsp3) is 0.231. The summed E-state index contributed by atoms with van der Waals surface area (Å²) in [4.78, 5) is 0. The number of halogens is 2. The molecule has 0 aliphatic rings. The largest absolute Gasteiger partial charge is 0.486 e. The van der Waals surface area contributed by atoms with E-state index in [0.717, 1.165) is 11.8 Å². The van der Waals surface area contributed by atoms with Crippen molar-refractivity contribution in [2.24, 2.45) is 17.9 Å². The molecule has 1 aromatic carbocycles. The highest BCUT2D eigenvalue weighted by molar-refractivity contribution is 6.30. The third-order valence-electron chi connectivity index (χ3n) is 2.98. The SMILES string of the molecule is Cc1nn(C)c(Cl)c1COc1ccc(/C(N)=N/O)cc1F. The van der Waals surface area contributed by atoms with Crippen LogP contribution < -0.4 is 10.5 Å². The zero-order valence-corrected chi connectivity index (χ0v) is 12.2. The molecule has 0 aliphatic heterocycles. The number of aromatic nitrogens is 2. The van der Waals surface area contributed by atoms with E-state index >= 15 is 0 Å². The highest BCUT2D eigenvalue weighted by Crippen LogP contribution is 2.23. The first-order valence-electron chi connectivity index (χ1n) is 6.02.